The number of rotatable bonds is 6. The number of carbonyl (C=O) groups is 1. The Kier molecular flexibility index (Phi) is 4.35. The lowest BCUT2D eigenvalue weighted by Gasteiger charge is -2.03. The number of carbonyl (C=O) groups excluding carboxylic acids is 1. The highest BCUT2D eigenvalue weighted by Gasteiger charge is 2.04. The van der Waals surface area contributed by atoms with Crippen LogP contribution in [0.5, 0.6) is 0 Å². The zero-order valence-electron chi connectivity index (χ0n) is 8.32. The van der Waals surface area contributed by atoms with Gasteiger partial charge >= 0.3 is 12.0 Å². The van der Waals surface area contributed by atoms with Crippen LogP contribution < -0.4 is 16.4 Å². The van der Waals surface area contributed by atoms with Crippen molar-refractivity contribution in [2.45, 2.75) is 0 Å². The van der Waals surface area contributed by atoms with Gasteiger partial charge in [-0.15, -0.1) is 0 Å². The molecule has 1 aromatic rings. The van der Waals surface area contributed by atoms with Gasteiger partial charge in [0.05, 0.1) is 13.2 Å². The third kappa shape index (κ3) is 4.27. The van der Waals surface area contributed by atoms with Gasteiger partial charge in [0.15, 0.2) is 0 Å². The molecule has 0 aliphatic rings. The molecular weight excluding hydrogens is 202 g/mol. The summed E-state index contributed by atoms with van der Waals surface area (Å²) < 4.78 is 9.57. The van der Waals surface area contributed by atoms with Gasteiger partial charge in [-0.05, 0) is 0 Å². The zero-order valence-corrected chi connectivity index (χ0v) is 8.32. The van der Waals surface area contributed by atoms with Crippen molar-refractivity contribution in [3.63, 3.8) is 0 Å². The Bertz CT molecular complexity index is 313. The minimum Gasteiger partial charge on any atom is -0.390 e. The lowest BCUT2D eigenvalue weighted by molar-refractivity contribution is -0.119. The molecule has 1 amide bonds. The second kappa shape index (κ2) is 5.81. The van der Waals surface area contributed by atoms with Crippen LogP contribution in [0.4, 0.5) is 12.0 Å². The molecule has 15 heavy (non-hydrogen) atoms. The fraction of sp³-hybridized carbons (Fsp3) is 0.571. The minimum absolute atomic E-state index is 0.0442. The monoisotopic (exact) mass is 215 g/mol. The van der Waals surface area contributed by atoms with E-state index < -0.39 is 0 Å². The molecule has 0 aliphatic carbocycles. The van der Waals surface area contributed by atoms with Crippen molar-refractivity contribution in [3.8, 4) is 0 Å². The van der Waals surface area contributed by atoms with E-state index in [1.165, 1.54) is 0 Å². The van der Waals surface area contributed by atoms with E-state index in [1.807, 2.05) is 0 Å². The van der Waals surface area contributed by atoms with Crippen LogP contribution in [0, 0.1) is 0 Å². The highest BCUT2D eigenvalue weighted by molar-refractivity contribution is 5.79. The lowest BCUT2D eigenvalue weighted by atomic mass is 10.5. The van der Waals surface area contributed by atoms with Crippen molar-refractivity contribution < 1.29 is 13.9 Å². The summed E-state index contributed by atoms with van der Waals surface area (Å²) in [4.78, 5) is 11.1. The maximum atomic E-state index is 11.1. The number of hydrogen-bond donors (Lipinski definition) is 3. The van der Waals surface area contributed by atoms with E-state index in [1.54, 1.807) is 7.11 Å². The van der Waals surface area contributed by atoms with Crippen LogP contribution in [-0.2, 0) is 9.53 Å². The van der Waals surface area contributed by atoms with Gasteiger partial charge in [0.2, 0.25) is 5.91 Å². The predicted molar refractivity (Wildman–Crippen MR) is 52.1 cm³/mol. The molecule has 84 valence electrons. The fourth-order valence-electron chi connectivity index (χ4n) is 0.817. The summed E-state index contributed by atoms with van der Waals surface area (Å²) in [6.07, 6.45) is 0. The van der Waals surface area contributed by atoms with E-state index >= 15 is 0 Å². The van der Waals surface area contributed by atoms with Crippen LogP contribution in [0.25, 0.3) is 0 Å². The Balaban J connectivity index is 2.16. The first-order valence-electron chi connectivity index (χ1n) is 4.31. The molecule has 0 spiro atoms. The van der Waals surface area contributed by atoms with Gasteiger partial charge in [0.25, 0.3) is 0 Å². The van der Waals surface area contributed by atoms with Crippen molar-refractivity contribution in [1.82, 2.24) is 15.5 Å². The molecule has 0 unspecified atom stereocenters. The van der Waals surface area contributed by atoms with Crippen molar-refractivity contribution in [1.29, 1.82) is 0 Å². The summed E-state index contributed by atoms with van der Waals surface area (Å²) in [7, 11) is 1.56. The molecule has 1 rings (SSSR count). The number of amides is 1. The second-order valence-electron chi connectivity index (χ2n) is 2.64. The first-order chi connectivity index (χ1) is 7.22. The normalized spacial score (nSPS) is 9.93. The van der Waals surface area contributed by atoms with E-state index in [-0.39, 0.29) is 24.5 Å². The number of nitrogens with one attached hydrogen (secondary N) is 2. The molecule has 8 nitrogen and oxygen atoms in total. The summed E-state index contributed by atoms with van der Waals surface area (Å²) in [5, 5.41) is 12.2. The highest BCUT2D eigenvalue weighted by Crippen LogP contribution is 2.04. The van der Waals surface area contributed by atoms with Gasteiger partial charge in [-0.25, -0.2) is 0 Å². The van der Waals surface area contributed by atoms with E-state index in [4.69, 9.17) is 14.9 Å². The van der Waals surface area contributed by atoms with Gasteiger partial charge in [-0.1, -0.05) is 10.2 Å². The molecule has 4 N–H and O–H groups in total. The molecule has 0 atom stereocenters. The first kappa shape index (κ1) is 11.2. The molecule has 0 bridgehead atoms. The van der Waals surface area contributed by atoms with Crippen LogP contribution in [0.1, 0.15) is 0 Å². The summed E-state index contributed by atoms with van der Waals surface area (Å²) in [6.45, 7) is 0.980. The van der Waals surface area contributed by atoms with Gasteiger partial charge in [0, 0.05) is 13.7 Å². The van der Waals surface area contributed by atoms with Gasteiger partial charge in [-0.3, -0.25) is 4.79 Å². The van der Waals surface area contributed by atoms with Crippen molar-refractivity contribution >= 4 is 17.9 Å². The molecule has 1 aromatic heterocycles. The largest absolute Gasteiger partial charge is 0.390 e. The Labute approximate surface area is 86.2 Å². The number of hydrogen-bond acceptors (Lipinski definition) is 7. The van der Waals surface area contributed by atoms with Crippen molar-refractivity contribution in [2.24, 2.45) is 0 Å². The quantitative estimate of drug-likeness (QED) is 0.512. The maximum absolute atomic E-state index is 11.1. The van der Waals surface area contributed by atoms with Crippen LogP contribution in [0.2, 0.25) is 0 Å². The molecule has 0 saturated carbocycles. The van der Waals surface area contributed by atoms with Crippen LogP contribution in [0.15, 0.2) is 4.42 Å². The number of anilines is 2. The molecule has 0 saturated heterocycles. The number of nitrogens with zero attached hydrogens (tertiary/aromatic N) is 2. The predicted octanol–water partition coefficient (Wildman–Crippen LogP) is -1.17. The number of nitrogens with two attached hydrogens (primary N) is 1. The molecule has 1 heterocycles. The first-order valence-corrected chi connectivity index (χ1v) is 4.31. The number of nitrogen functional groups attached to an aromatic ring is 1. The average Bonchev–Trinajstić information content (AvgIpc) is 2.62. The van der Waals surface area contributed by atoms with E-state index in [0.29, 0.717) is 13.2 Å². The van der Waals surface area contributed by atoms with Gasteiger partial charge in [0.1, 0.15) is 0 Å². The fourth-order valence-corrected chi connectivity index (χ4v) is 0.817. The Morgan fingerprint density at radius 1 is 1.60 bits per heavy atom. The van der Waals surface area contributed by atoms with Crippen LogP contribution >= 0.6 is 0 Å². The van der Waals surface area contributed by atoms with Crippen LogP contribution in [0.3, 0.4) is 0 Å². The number of ether oxygens (including phenoxy) is 1. The molecule has 0 fully saturated rings. The number of aromatic nitrogens is 2. The topological polar surface area (TPSA) is 115 Å². The lowest BCUT2D eigenvalue weighted by Crippen LogP contribution is -2.32. The zero-order chi connectivity index (χ0) is 11.1. The summed E-state index contributed by atoms with van der Waals surface area (Å²) >= 11 is 0. The second-order valence-corrected chi connectivity index (χ2v) is 2.64. The third-order valence-corrected chi connectivity index (χ3v) is 1.47. The Hall–Kier alpha value is -1.83. The Morgan fingerprint density at radius 2 is 2.40 bits per heavy atom. The van der Waals surface area contributed by atoms with E-state index in [9.17, 15) is 4.79 Å². The molecular formula is C7H13N5O3. The smallest absolute Gasteiger partial charge is 0.317 e. The van der Waals surface area contributed by atoms with E-state index in [2.05, 4.69) is 20.8 Å². The molecule has 0 aromatic carbocycles. The highest BCUT2D eigenvalue weighted by atomic mass is 16.5. The third-order valence-electron chi connectivity index (χ3n) is 1.47. The van der Waals surface area contributed by atoms with E-state index in [0.717, 1.165) is 0 Å². The summed E-state index contributed by atoms with van der Waals surface area (Å²) in [5.41, 5.74) is 5.19. The van der Waals surface area contributed by atoms with Gasteiger partial charge < -0.3 is 25.5 Å². The maximum Gasteiger partial charge on any atom is 0.317 e. The standard InChI is InChI=1S/C7H13N5O3/c1-14-3-2-9-5(13)4-10-7-12-11-6(8)15-7/h2-4H2,1H3,(H2,8,11)(H,9,13)(H,10,12). The number of methoxy groups -OCH3 is 1. The molecule has 0 radical (unpaired) electrons. The SMILES string of the molecule is COCCNC(=O)CNc1nnc(N)o1. The average molecular weight is 215 g/mol. The molecule has 8 heteroatoms. The van der Waals surface area contributed by atoms with Crippen LogP contribution in [-0.4, -0.2) is 42.9 Å². The van der Waals surface area contributed by atoms with Crippen molar-refractivity contribution in [3.05, 3.63) is 0 Å². The minimum atomic E-state index is -0.191. The summed E-state index contributed by atoms with van der Waals surface area (Å²) in [5.74, 6) is -0.191. The summed E-state index contributed by atoms with van der Waals surface area (Å²) in [6, 6.07) is 0.0756. The Morgan fingerprint density at radius 3 is 3.00 bits per heavy atom. The van der Waals surface area contributed by atoms with Gasteiger partial charge in [-0.2, -0.15) is 0 Å². The molecule has 0 aliphatic heterocycles. The van der Waals surface area contributed by atoms with Crippen molar-refractivity contribution in [2.75, 3.05) is 37.9 Å².